The van der Waals surface area contributed by atoms with Crippen molar-refractivity contribution in [1.82, 2.24) is 4.98 Å². The molecule has 1 aromatic rings. The van der Waals surface area contributed by atoms with E-state index in [1.54, 1.807) is 6.07 Å². The first kappa shape index (κ1) is 10.6. The minimum Gasteiger partial charge on any atom is -0.465 e. The van der Waals surface area contributed by atoms with Crippen LogP contribution in [-0.4, -0.2) is 23.2 Å². The van der Waals surface area contributed by atoms with Crippen LogP contribution in [0.3, 0.4) is 0 Å². The van der Waals surface area contributed by atoms with Gasteiger partial charge in [0.1, 0.15) is 4.60 Å². The highest BCUT2D eigenvalue weighted by Crippen LogP contribution is 2.33. The molecule has 0 aliphatic heterocycles. The summed E-state index contributed by atoms with van der Waals surface area (Å²) in [5, 5.41) is 9.65. The second-order valence-corrected chi connectivity index (χ2v) is 4.21. The highest BCUT2D eigenvalue weighted by molar-refractivity contribution is 9.10. The zero-order valence-corrected chi connectivity index (χ0v) is 9.74. The van der Waals surface area contributed by atoms with Gasteiger partial charge < -0.3 is 9.84 Å². The third-order valence-electron chi connectivity index (χ3n) is 2.51. The molecular weight excluding hydrogens is 262 g/mol. The molecule has 0 amide bonds. The van der Waals surface area contributed by atoms with Crippen LogP contribution in [0.2, 0.25) is 0 Å². The monoisotopic (exact) mass is 271 g/mol. The Kier molecular flexibility index (Phi) is 2.75. The predicted octanol–water partition coefficient (Wildman–Crippen LogP) is 1.61. The summed E-state index contributed by atoms with van der Waals surface area (Å²) in [4.78, 5) is 15.7. The molecule has 0 aromatic carbocycles. The normalized spacial score (nSPS) is 18.7. The minimum absolute atomic E-state index is 0.386. The molecule has 1 atom stereocenters. The molecule has 15 heavy (non-hydrogen) atoms. The van der Waals surface area contributed by atoms with E-state index >= 15 is 0 Å². The summed E-state index contributed by atoms with van der Waals surface area (Å²) in [6, 6.07) is 1.63. The SMILES string of the molecule is COC(=O)c1cc(Br)nc2c1CCC2O. The average Bonchev–Trinajstić information content (AvgIpc) is 2.58. The van der Waals surface area contributed by atoms with E-state index in [2.05, 4.69) is 25.7 Å². The number of hydrogen-bond donors (Lipinski definition) is 1. The number of aliphatic hydroxyl groups excluding tert-OH is 1. The fourth-order valence-corrected chi connectivity index (χ4v) is 2.23. The van der Waals surface area contributed by atoms with Crippen molar-refractivity contribution in [3.05, 3.63) is 27.5 Å². The van der Waals surface area contributed by atoms with Crippen molar-refractivity contribution in [2.45, 2.75) is 18.9 Å². The van der Waals surface area contributed by atoms with Gasteiger partial charge in [-0.05, 0) is 40.4 Å². The number of hydrogen-bond acceptors (Lipinski definition) is 4. The van der Waals surface area contributed by atoms with Crippen molar-refractivity contribution in [3.63, 3.8) is 0 Å². The molecule has 0 radical (unpaired) electrons. The van der Waals surface area contributed by atoms with Crippen molar-refractivity contribution < 1.29 is 14.6 Å². The number of ether oxygens (including phenoxy) is 1. The van der Waals surface area contributed by atoms with E-state index in [0.29, 0.717) is 28.7 Å². The van der Waals surface area contributed by atoms with Crippen molar-refractivity contribution in [2.75, 3.05) is 7.11 Å². The smallest absolute Gasteiger partial charge is 0.338 e. The summed E-state index contributed by atoms with van der Waals surface area (Å²) in [5.41, 5.74) is 1.88. The summed E-state index contributed by atoms with van der Waals surface area (Å²) in [5.74, 6) is -0.386. The predicted molar refractivity (Wildman–Crippen MR) is 56.6 cm³/mol. The van der Waals surface area contributed by atoms with Crippen molar-refractivity contribution in [1.29, 1.82) is 0 Å². The van der Waals surface area contributed by atoms with E-state index < -0.39 is 6.10 Å². The van der Waals surface area contributed by atoms with E-state index in [-0.39, 0.29) is 5.97 Å². The Morgan fingerprint density at radius 1 is 1.73 bits per heavy atom. The maximum absolute atomic E-state index is 11.5. The van der Waals surface area contributed by atoms with Crippen LogP contribution in [0.25, 0.3) is 0 Å². The van der Waals surface area contributed by atoms with Gasteiger partial charge in [0.05, 0.1) is 24.5 Å². The zero-order chi connectivity index (χ0) is 11.0. The van der Waals surface area contributed by atoms with E-state index in [1.165, 1.54) is 7.11 Å². The summed E-state index contributed by atoms with van der Waals surface area (Å²) < 4.78 is 5.23. The van der Waals surface area contributed by atoms with Crippen molar-refractivity contribution in [2.24, 2.45) is 0 Å². The fourth-order valence-electron chi connectivity index (χ4n) is 1.81. The maximum Gasteiger partial charge on any atom is 0.338 e. The number of rotatable bonds is 1. The lowest BCUT2D eigenvalue weighted by Crippen LogP contribution is -2.07. The van der Waals surface area contributed by atoms with E-state index in [4.69, 9.17) is 0 Å². The van der Waals surface area contributed by atoms with Crippen LogP contribution in [0.5, 0.6) is 0 Å². The van der Waals surface area contributed by atoms with Crippen LogP contribution >= 0.6 is 15.9 Å². The second-order valence-electron chi connectivity index (χ2n) is 3.40. The number of nitrogens with zero attached hydrogens (tertiary/aromatic N) is 1. The molecule has 0 fully saturated rings. The van der Waals surface area contributed by atoms with Crippen LogP contribution < -0.4 is 0 Å². The maximum atomic E-state index is 11.5. The lowest BCUT2D eigenvalue weighted by Gasteiger charge is -2.07. The lowest BCUT2D eigenvalue weighted by atomic mass is 10.1. The van der Waals surface area contributed by atoms with Gasteiger partial charge in [0, 0.05) is 0 Å². The van der Waals surface area contributed by atoms with Gasteiger partial charge in [0.2, 0.25) is 0 Å². The largest absolute Gasteiger partial charge is 0.465 e. The van der Waals surface area contributed by atoms with Crippen LogP contribution in [0.15, 0.2) is 10.7 Å². The Balaban J connectivity index is 2.56. The number of aromatic nitrogens is 1. The Morgan fingerprint density at radius 2 is 2.47 bits per heavy atom. The standard InChI is InChI=1S/C10H10BrNO3/c1-15-10(14)6-4-8(11)12-9-5(6)2-3-7(9)13/h4,7,13H,2-3H2,1H3. The van der Waals surface area contributed by atoms with Crippen LogP contribution in [0.1, 0.15) is 34.1 Å². The Labute approximate surface area is 95.4 Å². The first-order chi connectivity index (χ1) is 7.13. The number of methoxy groups -OCH3 is 1. The molecule has 0 bridgehead atoms. The second kappa shape index (κ2) is 3.90. The molecule has 1 N–H and O–H groups in total. The van der Waals surface area contributed by atoms with Crippen LogP contribution in [0.4, 0.5) is 0 Å². The van der Waals surface area contributed by atoms with Crippen LogP contribution in [-0.2, 0) is 11.2 Å². The third kappa shape index (κ3) is 1.77. The highest BCUT2D eigenvalue weighted by atomic mass is 79.9. The summed E-state index contributed by atoms with van der Waals surface area (Å²) in [7, 11) is 1.34. The summed E-state index contributed by atoms with van der Waals surface area (Å²) >= 11 is 3.21. The van der Waals surface area contributed by atoms with E-state index in [9.17, 15) is 9.90 Å². The zero-order valence-electron chi connectivity index (χ0n) is 8.16. The van der Waals surface area contributed by atoms with E-state index in [1.807, 2.05) is 0 Å². The first-order valence-electron chi connectivity index (χ1n) is 4.59. The number of carbonyl (C=O) groups is 1. The number of aliphatic hydroxyl groups is 1. The molecular formula is C10H10BrNO3. The van der Waals surface area contributed by atoms with Crippen molar-refractivity contribution in [3.8, 4) is 0 Å². The molecule has 0 saturated carbocycles. The number of esters is 1. The Hall–Kier alpha value is -0.940. The van der Waals surface area contributed by atoms with Gasteiger partial charge in [-0.3, -0.25) is 0 Å². The molecule has 1 heterocycles. The number of carbonyl (C=O) groups excluding carboxylic acids is 1. The molecule has 1 unspecified atom stereocenters. The number of halogens is 1. The van der Waals surface area contributed by atoms with Crippen LogP contribution in [0, 0.1) is 0 Å². The molecule has 5 heteroatoms. The van der Waals surface area contributed by atoms with Gasteiger partial charge in [-0.1, -0.05) is 0 Å². The van der Waals surface area contributed by atoms with Gasteiger partial charge in [-0.25, -0.2) is 9.78 Å². The highest BCUT2D eigenvalue weighted by Gasteiger charge is 2.27. The molecule has 2 rings (SSSR count). The van der Waals surface area contributed by atoms with Gasteiger partial charge in [0.25, 0.3) is 0 Å². The minimum atomic E-state index is -0.569. The Bertz CT molecular complexity index is 419. The van der Waals surface area contributed by atoms with Gasteiger partial charge in [-0.2, -0.15) is 0 Å². The lowest BCUT2D eigenvalue weighted by molar-refractivity contribution is 0.0599. The van der Waals surface area contributed by atoms with E-state index in [0.717, 1.165) is 5.56 Å². The molecule has 1 aliphatic carbocycles. The topological polar surface area (TPSA) is 59.4 Å². The first-order valence-corrected chi connectivity index (χ1v) is 5.38. The third-order valence-corrected chi connectivity index (χ3v) is 2.92. The van der Waals surface area contributed by atoms with Gasteiger partial charge in [0.15, 0.2) is 0 Å². The summed E-state index contributed by atoms with van der Waals surface area (Å²) in [6.07, 6.45) is 0.713. The van der Waals surface area contributed by atoms with Gasteiger partial charge >= 0.3 is 5.97 Å². The molecule has 1 aliphatic rings. The molecule has 0 spiro atoms. The fraction of sp³-hybridized carbons (Fsp3) is 0.400. The number of pyridine rings is 1. The average molecular weight is 272 g/mol. The molecule has 1 aromatic heterocycles. The quantitative estimate of drug-likeness (QED) is 0.623. The Morgan fingerprint density at radius 3 is 3.13 bits per heavy atom. The van der Waals surface area contributed by atoms with Crippen molar-refractivity contribution >= 4 is 21.9 Å². The molecule has 80 valence electrons. The molecule has 4 nitrogen and oxygen atoms in total. The molecule has 0 saturated heterocycles. The number of fused-ring (bicyclic) bond motifs is 1. The summed E-state index contributed by atoms with van der Waals surface area (Å²) in [6.45, 7) is 0. The van der Waals surface area contributed by atoms with Gasteiger partial charge in [-0.15, -0.1) is 0 Å².